The Kier molecular flexibility index (Phi) is 35.2. The fourth-order valence-corrected chi connectivity index (χ4v) is 5.40. The number of unbranched alkanes of at least 4 members (excludes halogenated alkanes) is 13. The molecule has 0 bridgehead atoms. The summed E-state index contributed by atoms with van der Waals surface area (Å²) in [6, 6.07) is -0.776. The average Bonchev–Trinajstić information content (AvgIpc) is 3.10. The van der Waals surface area contributed by atoms with E-state index in [0.29, 0.717) is 65.3 Å². The number of halogens is 2. The molecular formula is C36H67BrFN5O9. The van der Waals surface area contributed by atoms with Crippen LogP contribution in [-0.4, -0.2) is 124 Å². The smallest absolute Gasteiger partial charge is 0.303 e. The third kappa shape index (κ3) is 36.0. The van der Waals surface area contributed by atoms with E-state index in [1.54, 1.807) is 0 Å². The average molecular weight is 813 g/mol. The zero-order valence-electron chi connectivity index (χ0n) is 31.5. The van der Waals surface area contributed by atoms with Crippen molar-refractivity contribution >= 4 is 45.5 Å². The van der Waals surface area contributed by atoms with Crippen LogP contribution in [0, 0.1) is 0 Å². The lowest BCUT2D eigenvalue weighted by molar-refractivity contribution is -0.137. The second-order valence-electron chi connectivity index (χ2n) is 12.8. The van der Waals surface area contributed by atoms with E-state index in [2.05, 4.69) is 37.2 Å². The molecule has 0 heterocycles. The van der Waals surface area contributed by atoms with Gasteiger partial charge >= 0.3 is 5.97 Å². The van der Waals surface area contributed by atoms with Crippen LogP contribution in [0.15, 0.2) is 0 Å². The Morgan fingerprint density at radius 3 is 1.52 bits per heavy atom. The Bertz CT molecular complexity index is 937. The van der Waals surface area contributed by atoms with Gasteiger partial charge in [-0.05, 0) is 25.7 Å². The third-order valence-electron chi connectivity index (χ3n) is 8.03. The Morgan fingerprint density at radius 2 is 1.04 bits per heavy atom. The highest BCUT2D eigenvalue weighted by Crippen LogP contribution is 2.13. The lowest BCUT2D eigenvalue weighted by Crippen LogP contribution is -2.48. The minimum absolute atomic E-state index is 0.0492. The van der Waals surface area contributed by atoms with Gasteiger partial charge in [0.15, 0.2) is 0 Å². The first-order valence-corrected chi connectivity index (χ1v) is 20.3. The Labute approximate surface area is 318 Å². The fourth-order valence-electron chi connectivity index (χ4n) is 5.24. The number of alkyl halides is 1. The fraction of sp³-hybridized carbons (Fsp3) is 0.861. The van der Waals surface area contributed by atoms with Crippen molar-refractivity contribution in [3.8, 4) is 0 Å². The first kappa shape index (κ1) is 49.6. The highest BCUT2D eigenvalue weighted by atomic mass is 79.9. The van der Waals surface area contributed by atoms with Crippen LogP contribution in [0.3, 0.4) is 0 Å². The number of nitrogens with zero attached hydrogens (tertiary/aromatic N) is 1. The van der Waals surface area contributed by atoms with Crippen LogP contribution in [0.4, 0.5) is 4.48 Å². The lowest BCUT2D eigenvalue weighted by Gasteiger charge is -2.18. The molecule has 4 amide bonds. The highest BCUT2D eigenvalue weighted by Gasteiger charge is 2.20. The molecule has 0 fully saturated rings. The maximum atomic E-state index is 12.7. The second-order valence-corrected chi connectivity index (χ2v) is 13.4. The standard InChI is InChI=1S/C36H67BrFN5O9/c1-43(38)30-34(46)39-20-16-17-31(42-33(45)29-37)36(49)41-22-24-51-26-28-52-27-25-50-23-21-40-32(44)18-14-12-10-8-6-4-2-3-5-7-9-11-13-15-19-35(47)48/h31H,2-30H2,1H3,(H,39,46)(H,40,44)(H,41,49)(H,42,45)(H,47,48). The molecule has 0 rings (SSSR count). The molecule has 5 N–H and O–H groups in total. The molecule has 16 heteroatoms. The van der Waals surface area contributed by atoms with E-state index < -0.39 is 17.9 Å². The maximum absolute atomic E-state index is 12.7. The van der Waals surface area contributed by atoms with Crippen molar-refractivity contribution in [2.45, 2.75) is 122 Å². The summed E-state index contributed by atoms with van der Waals surface area (Å²) < 4.78 is 29.2. The Hall–Kier alpha value is -2.40. The van der Waals surface area contributed by atoms with Gasteiger partial charge in [-0.15, -0.1) is 9.60 Å². The molecule has 0 aliphatic carbocycles. The summed E-state index contributed by atoms with van der Waals surface area (Å²) in [5.41, 5.74) is 0. The summed E-state index contributed by atoms with van der Waals surface area (Å²) in [7, 11) is 1.14. The van der Waals surface area contributed by atoms with Crippen LogP contribution >= 0.6 is 15.9 Å². The van der Waals surface area contributed by atoms with Crippen molar-refractivity contribution in [3.63, 3.8) is 0 Å². The van der Waals surface area contributed by atoms with Gasteiger partial charge in [0, 0.05) is 39.5 Å². The van der Waals surface area contributed by atoms with Crippen LogP contribution in [0.25, 0.3) is 0 Å². The molecule has 0 aromatic rings. The minimum atomic E-state index is -0.776. The van der Waals surface area contributed by atoms with Crippen molar-refractivity contribution in [2.75, 3.05) is 78.2 Å². The van der Waals surface area contributed by atoms with E-state index in [1.807, 2.05) is 0 Å². The van der Waals surface area contributed by atoms with Gasteiger partial charge < -0.3 is 40.6 Å². The first-order valence-electron chi connectivity index (χ1n) is 19.1. The number of nitrogens with one attached hydrogen (secondary N) is 4. The number of carbonyl (C=O) groups excluding carboxylic acids is 4. The van der Waals surface area contributed by atoms with Crippen molar-refractivity contribution in [3.05, 3.63) is 0 Å². The van der Waals surface area contributed by atoms with E-state index in [9.17, 15) is 28.5 Å². The molecule has 0 aliphatic rings. The summed E-state index contributed by atoms with van der Waals surface area (Å²) in [5.74, 6) is -1.81. The van der Waals surface area contributed by atoms with Gasteiger partial charge in [0.1, 0.15) is 12.6 Å². The highest BCUT2D eigenvalue weighted by molar-refractivity contribution is 9.09. The monoisotopic (exact) mass is 811 g/mol. The molecular weight excluding hydrogens is 745 g/mol. The number of hydrogen-bond donors (Lipinski definition) is 5. The third-order valence-corrected chi connectivity index (χ3v) is 8.54. The van der Waals surface area contributed by atoms with Gasteiger partial charge in [0.05, 0.1) is 45.0 Å². The number of carbonyl (C=O) groups is 5. The normalized spacial score (nSPS) is 11.7. The molecule has 0 aliphatic heterocycles. The molecule has 0 saturated carbocycles. The van der Waals surface area contributed by atoms with E-state index in [0.717, 1.165) is 39.2 Å². The molecule has 0 aromatic carbocycles. The Morgan fingerprint density at radius 1 is 0.596 bits per heavy atom. The maximum Gasteiger partial charge on any atom is 0.303 e. The van der Waals surface area contributed by atoms with Gasteiger partial charge in [0.25, 0.3) is 0 Å². The second kappa shape index (κ2) is 36.9. The summed E-state index contributed by atoms with van der Waals surface area (Å²) >= 11 is 3.06. The van der Waals surface area contributed by atoms with Gasteiger partial charge in [-0.2, -0.15) is 0 Å². The van der Waals surface area contributed by atoms with Crippen LogP contribution in [-0.2, 0) is 38.2 Å². The summed E-state index contributed by atoms with van der Waals surface area (Å²) in [6.07, 6.45) is 17.7. The van der Waals surface area contributed by atoms with Crippen LogP contribution < -0.4 is 21.3 Å². The van der Waals surface area contributed by atoms with Crippen molar-refractivity contribution in [1.82, 2.24) is 26.4 Å². The van der Waals surface area contributed by atoms with E-state index in [4.69, 9.17) is 19.3 Å². The van der Waals surface area contributed by atoms with Crippen molar-refractivity contribution in [2.24, 2.45) is 0 Å². The molecule has 0 aromatic heterocycles. The molecule has 304 valence electrons. The summed E-state index contributed by atoms with van der Waals surface area (Å²) in [5, 5.41) is 19.8. The number of amides is 4. The van der Waals surface area contributed by atoms with Crippen LogP contribution in [0.5, 0.6) is 0 Å². The molecule has 0 saturated heterocycles. The number of aliphatic carboxylic acids is 1. The Balaban J connectivity index is 3.57. The number of hydrogen-bond acceptors (Lipinski definition) is 9. The molecule has 0 spiro atoms. The SMILES string of the molecule is CN(F)CC(=O)NCCCC(NC(=O)CBr)C(=O)NCCOCCOCCOCCNC(=O)CCCCCCCCCCCCCCCCC(=O)O. The zero-order chi connectivity index (χ0) is 38.5. The molecule has 1 atom stereocenters. The number of rotatable bonds is 38. The quantitative estimate of drug-likeness (QED) is 0.0344. The van der Waals surface area contributed by atoms with Gasteiger partial charge in [-0.3, -0.25) is 24.0 Å². The van der Waals surface area contributed by atoms with E-state index >= 15 is 0 Å². The minimum Gasteiger partial charge on any atom is -0.481 e. The molecule has 1 unspecified atom stereocenters. The molecule has 52 heavy (non-hydrogen) atoms. The molecule has 14 nitrogen and oxygen atoms in total. The lowest BCUT2D eigenvalue weighted by atomic mass is 10.0. The van der Waals surface area contributed by atoms with Crippen molar-refractivity contribution in [1.29, 1.82) is 0 Å². The summed E-state index contributed by atoms with van der Waals surface area (Å²) in [4.78, 5) is 58.4. The van der Waals surface area contributed by atoms with Gasteiger partial charge in [-0.25, -0.2) is 0 Å². The molecule has 0 radical (unpaired) electrons. The first-order chi connectivity index (χ1) is 25.1. The zero-order valence-corrected chi connectivity index (χ0v) is 33.1. The van der Waals surface area contributed by atoms with Gasteiger partial charge in [-0.1, -0.05) is 93.0 Å². The predicted octanol–water partition coefficient (Wildman–Crippen LogP) is 4.19. The number of carboxylic acids is 1. The number of carboxylic acid groups (broad SMARTS) is 1. The number of ether oxygens (including phenoxy) is 3. The van der Waals surface area contributed by atoms with Crippen molar-refractivity contribution < 1.29 is 47.8 Å². The van der Waals surface area contributed by atoms with E-state index in [-0.39, 0.29) is 54.4 Å². The van der Waals surface area contributed by atoms with Crippen LogP contribution in [0.1, 0.15) is 116 Å². The predicted molar refractivity (Wildman–Crippen MR) is 202 cm³/mol. The van der Waals surface area contributed by atoms with E-state index in [1.165, 1.54) is 57.8 Å². The number of likely N-dealkylation sites (N-methyl/N-ethyl adjacent to an activating group) is 1. The largest absolute Gasteiger partial charge is 0.481 e. The topological polar surface area (TPSA) is 185 Å². The summed E-state index contributed by atoms with van der Waals surface area (Å²) in [6.45, 7) is 2.76. The van der Waals surface area contributed by atoms with Gasteiger partial charge in [0.2, 0.25) is 23.6 Å². The van der Waals surface area contributed by atoms with Crippen LogP contribution in [0.2, 0.25) is 0 Å².